The van der Waals surface area contributed by atoms with Gasteiger partial charge in [-0.15, -0.1) is 0 Å². The number of amides is 2. The van der Waals surface area contributed by atoms with E-state index in [-0.39, 0.29) is 45.4 Å². The SMILES string of the molecule is Cc1ccccc1CN(C(=O)CN(c1cc(Cl)cc(Cl)c1)S(=O)(=O)c1ccccc1)C(Cc1ccccc1)C(=O)NCC(C)C. The van der Waals surface area contributed by atoms with Crippen molar-refractivity contribution < 1.29 is 18.0 Å². The van der Waals surface area contributed by atoms with Crippen molar-refractivity contribution in [3.8, 4) is 0 Å². The molecule has 7 nitrogen and oxygen atoms in total. The van der Waals surface area contributed by atoms with Crippen molar-refractivity contribution in [3.63, 3.8) is 0 Å². The molecular weight excluding hydrogens is 629 g/mol. The van der Waals surface area contributed by atoms with Gasteiger partial charge in [0.1, 0.15) is 12.6 Å². The van der Waals surface area contributed by atoms with Crippen molar-refractivity contribution in [1.82, 2.24) is 10.2 Å². The molecule has 4 rings (SSSR count). The smallest absolute Gasteiger partial charge is 0.264 e. The van der Waals surface area contributed by atoms with Gasteiger partial charge in [-0.25, -0.2) is 8.42 Å². The number of aryl methyl sites for hydroxylation is 1. The highest BCUT2D eigenvalue weighted by molar-refractivity contribution is 7.92. The maximum Gasteiger partial charge on any atom is 0.264 e. The summed E-state index contributed by atoms with van der Waals surface area (Å²) in [5.41, 5.74) is 2.76. The maximum absolute atomic E-state index is 14.5. The molecule has 0 aliphatic rings. The van der Waals surface area contributed by atoms with E-state index in [1.807, 2.05) is 75.4 Å². The van der Waals surface area contributed by atoms with Crippen LogP contribution in [-0.4, -0.2) is 44.3 Å². The van der Waals surface area contributed by atoms with Gasteiger partial charge in [0.15, 0.2) is 0 Å². The second-order valence-electron chi connectivity index (χ2n) is 11.2. The second kappa shape index (κ2) is 15.4. The number of halogens is 2. The zero-order valence-electron chi connectivity index (χ0n) is 25.5. The van der Waals surface area contributed by atoms with Crippen LogP contribution in [0.2, 0.25) is 10.0 Å². The van der Waals surface area contributed by atoms with Gasteiger partial charge in [0, 0.05) is 29.6 Å². The van der Waals surface area contributed by atoms with Crippen molar-refractivity contribution in [2.45, 2.75) is 44.7 Å². The minimum Gasteiger partial charge on any atom is -0.354 e. The fraction of sp³-hybridized carbons (Fsp3) is 0.257. The first-order chi connectivity index (χ1) is 21.5. The summed E-state index contributed by atoms with van der Waals surface area (Å²) in [5.74, 6) is -0.696. The number of nitrogens with zero attached hydrogens (tertiary/aromatic N) is 2. The third-order valence-electron chi connectivity index (χ3n) is 7.30. The monoisotopic (exact) mass is 665 g/mol. The number of hydrogen-bond donors (Lipinski definition) is 1. The Morgan fingerprint density at radius 3 is 2.00 bits per heavy atom. The average molecular weight is 667 g/mol. The lowest BCUT2D eigenvalue weighted by molar-refractivity contribution is -0.140. The molecule has 0 heterocycles. The molecule has 4 aromatic carbocycles. The minimum absolute atomic E-state index is 0.00476. The van der Waals surface area contributed by atoms with Crippen LogP contribution in [0.15, 0.2) is 108 Å². The molecule has 0 aliphatic heterocycles. The lowest BCUT2D eigenvalue weighted by Gasteiger charge is -2.34. The first-order valence-electron chi connectivity index (χ1n) is 14.6. The molecule has 0 radical (unpaired) electrons. The van der Waals surface area contributed by atoms with Crippen LogP contribution in [-0.2, 0) is 32.6 Å². The molecule has 0 bridgehead atoms. The van der Waals surface area contributed by atoms with Gasteiger partial charge in [-0.1, -0.05) is 110 Å². The number of sulfonamides is 1. The highest BCUT2D eigenvalue weighted by Gasteiger charge is 2.35. The van der Waals surface area contributed by atoms with E-state index in [1.54, 1.807) is 18.2 Å². The normalized spacial score (nSPS) is 12.0. The number of rotatable bonds is 13. The predicted octanol–water partition coefficient (Wildman–Crippen LogP) is 6.91. The summed E-state index contributed by atoms with van der Waals surface area (Å²) in [6.07, 6.45) is 0.233. The van der Waals surface area contributed by atoms with E-state index in [4.69, 9.17) is 23.2 Å². The molecule has 0 saturated heterocycles. The topological polar surface area (TPSA) is 86.8 Å². The summed E-state index contributed by atoms with van der Waals surface area (Å²) in [7, 11) is -4.26. The van der Waals surface area contributed by atoms with E-state index in [1.165, 1.54) is 35.2 Å². The van der Waals surface area contributed by atoms with Gasteiger partial charge in [-0.3, -0.25) is 13.9 Å². The number of nitrogens with one attached hydrogen (secondary N) is 1. The van der Waals surface area contributed by atoms with Crippen LogP contribution < -0.4 is 9.62 Å². The van der Waals surface area contributed by atoms with Gasteiger partial charge in [0.2, 0.25) is 11.8 Å². The largest absolute Gasteiger partial charge is 0.354 e. The fourth-order valence-electron chi connectivity index (χ4n) is 4.88. The standard InChI is InChI=1S/C35H37Cl2N3O4S/c1-25(2)22-38-35(42)33(18-27-13-6-4-7-14-27)39(23-28-15-11-10-12-26(28)3)34(41)24-40(31-20-29(36)19-30(37)21-31)45(43,44)32-16-8-5-9-17-32/h4-17,19-21,25,33H,18,22-24H2,1-3H3,(H,38,42). The number of carbonyl (C=O) groups excluding carboxylic acids is 2. The van der Waals surface area contributed by atoms with Crippen LogP contribution in [0.1, 0.15) is 30.5 Å². The molecule has 0 aliphatic carbocycles. The third-order valence-corrected chi connectivity index (χ3v) is 9.53. The first kappa shape index (κ1) is 34.0. The summed E-state index contributed by atoms with van der Waals surface area (Å²) in [4.78, 5) is 29.9. The van der Waals surface area contributed by atoms with Crippen LogP contribution in [0.5, 0.6) is 0 Å². The summed E-state index contributed by atoms with van der Waals surface area (Å²) >= 11 is 12.6. The highest BCUT2D eigenvalue weighted by Crippen LogP contribution is 2.30. The molecule has 236 valence electrons. The quantitative estimate of drug-likeness (QED) is 0.168. The number of benzene rings is 4. The van der Waals surface area contributed by atoms with Crippen LogP contribution >= 0.6 is 23.2 Å². The van der Waals surface area contributed by atoms with Crippen molar-refractivity contribution >= 4 is 50.7 Å². The van der Waals surface area contributed by atoms with Crippen molar-refractivity contribution in [3.05, 3.63) is 130 Å². The van der Waals surface area contributed by atoms with Gasteiger partial charge < -0.3 is 10.2 Å². The Bertz CT molecular complexity index is 1700. The Morgan fingerprint density at radius 1 is 0.822 bits per heavy atom. The van der Waals surface area contributed by atoms with Gasteiger partial charge in [0.25, 0.3) is 10.0 Å². The first-order valence-corrected chi connectivity index (χ1v) is 16.8. The molecule has 0 aromatic heterocycles. The summed E-state index contributed by atoms with van der Waals surface area (Å²) in [6.45, 7) is 5.84. The number of hydrogen-bond acceptors (Lipinski definition) is 4. The van der Waals surface area contributed by atoms with Crippen molar-refractivity contribution in [2.75, 3.05) is 17.4 Å². The highest BCUT2D eigenvalue weighted by atomic mass is 35.5. The molecule has 0 fully saturated rings. The third kappa shape index (κ3) is 9.10. The Hall–Kier alpha value is -3.85. The number of anilines is 1. The Kier molecular flexibility index (Phi) is 11.7. The van der Waals surface area contributed by atoms with Crippen LogP contribution in [0.4, 0.5) is 5.69 Å². The van der Waals surface area contributed by atoms with E-state index in [2.05, 4.69) is 5.32 Å². The van der Waals surface area contributed by atoms with E-state index < -0.39 is 28.5 Å². The van der Waals surface area contributed by atoms with Crippen molar-refractivity contribution in [2.24, 2.45) is 5.92 Å². The zero-order valence-corrected chi connectivity index (χ0v) is 27.8. The van der Waals surface area contributed by atoms with Gasteiger partial charge in [-0.2, -0.15) is 0 Å². The fourth-order valence-corrected chi connectivity index (χ4v) is 6.81. The van der Waals surface area contributed by atoms with Gasteiger partial charge >= 0.3 is 0 Å². The molecule has 1 atom stereocenters. The van der Waals surface area contributed by atoms with E-state index in [9.17, 15) is 18.0 Å². The lowest BCUT2D eigenvalue weighted by atomic mass is 10.0. The molecule has 0 saturated carbocycles. The molecule has 0 spiro atoms. The molecule has 45 heavy (non-hydrogen) atoms. The van der Waals surface area contributed by atoms with Crippen LogP contribution in [0, 0.1) is 12.8 Å². The lowest BCUT2D eigenvalue weighted by Crippen LogP contribution is -2.53. The van der Waals surface area contributed by atoms with E-state index in [0.29, 0.717) is 6.54 Å². The predicted molar refractivity (Wildman–Crippen MR) is 181 cm³/mol. The van der Waals surface area contributed by atoms with Crippen molar-refractivity contribution in [1.29, 1.82) is 0 Å². The molecule has 4 aromatic rings. The molecule has 1 N–H and O–H groups in total. The Balaban J connectivity index is 1.82. The Labute approximate surface area is 275 Å². The van der Waals surface area contributed by atoms with E-state index in [0.717, 1.165) is 21.0 Å². The summed E-state index contributed by atoms with van der Waals surface area (Å²) in [5, 5.41) is 3.42. The van der Waals surface area contributed by atoms with Crippen LogP contribution in [0.3, 0.4) is 0 Å². The van der Waals surface area contributed by atoms with E-state index >= 15 is 0 Å². The summed E-state index contributed by atoms with van der Waals surface area (Å²) in [6, 6.07) is 28.3. The molecule has 2 amide bonds. The Morgan fingerprint density at radius 2 is 1.40 bits per heavy atom. The summed E-state index contributed by atoms with van der Waals surface area (Å²) < 4.78 is 29.2. The zero-order chi connectivity index (χ0) is 32.6. The van der Waals surface area contributed by atoms with Crippen LogP contribution in [0.25, 0.3) is 0 Å². The second-order valence-corrected chi connectivity index (χ2v) is 14.0. The van der Waals surface area contributed by atoms with Gasteiger partial charge in [-0.05, 0) is 59.9 Å². The molecule has 10 heteroatoms. The molecule has 1 unspecified atom stereocenters. The average Bonchev–Trinajstić information content (AvgIpc) is 3.01. The maximum atomic E-state index is 14.5. The molecular formula is C35H37Cl2N3O4S. The van der Waals surface area contributed by atoms with Gasteiger partial charge in [0.05, 0.1) is 10.6 Å². The minimum atomic E-state index is -4.26. The number of carbonyl (C=O) groups is 2.